The molecule has 0 bridgehead atoms. The van der Waals surface area contributed by atoms with Gasteiger partial charge in [0.05, 0.1) is 35.7 Å². The summed E-state index contributed by atoms with van der Waals surface area (Å²) in [5.41, 5.74) is 2.31. The van der Waals surface area contributed by atoms with E-state index in [-0.39, 0.29) is 29.6 Å². The van der Waals surface area contributed by atoms with E-state index in [1.54, 1.807) is 61.5 Å². The predicted molar refractivity (Wildman–Crippen MR) is 129 cm³/mol. The van der Waals surface area contributed by atoms with Gasteiger partial charge in [0.2, 0.25) is 10.0 Å². The molecule has 0 atom stereocenters. The van der Waals surface area contributed by atoms with Crippen LogP contribution in [0.5, 0.6) is 0 Å². The molecule has 0 fully saturated rings. The van der Waals surface area contributed by atoms with E-state index < -0.39 is 16.0 Å². The second kappa shape index (κ2) is 10.5. The fourth-order valence-corrected chi connectivity index (χ4v) is 4.24. The van der Waals surface area contributed by atoms with Crippen molar-refractivity contribution in [3.8, 4) is 0 Å². The number of para-hydroxylation sites is 1. The SMILES string of the molecule is CCOC(=O)c1ccc(NC(=O)c2ccc(CN(c3ccccc3)S(C)(=O)=O)cc2)cc1Cl. The summed E-state index contributed by atoms with van der Waals surface area (Å²) in [7, 11) is -3.49. The van der Waals surface area contributed by atoms with E-state index in [1.165, 1.54) is 16.4 Å². The maximum Gasteiger partial charge on any atom is 0.339 e. The molecule has 3 rings (SSSR count). The third-order valence-corrected chi connectivity index (χ3v) is 6.16. The molecular weight excluding hydrogens is 464 g/mol. The normalized spacial score (nSPS) is 11.0. The number of hydrogen-bond acceptors (Lipinski definition) is 5. The fourth-order valence-electron chi connectivity index (χ4n) is 3.09. The summed E-state index contributed by atoms with van der Waals surface area (Å²) in [4.78, 5) is 24.5. The molecule has 0 aliphatic heterocycles. The number of carbonyl (C=O) groups is 2. The molecule has 172 valence electrons. The molecule has 0 aromatic heterocycles. The third-order valence-electron chi connectivity index (χ3n) is 4.71. The minimum atomic E-state index is -3.49. The number of carbonyl (C=O) groups excluding carboxylic acids is 2. The minimum Gasteiger partial charge on any atom is -0.462 e. The highest BCUT2D eigenvalue weighted by Crippen LogP contribution is 2.23. The number of rotatable bonds is 8. The number of ether oxygens (including phenoxy) is 1. The summed E-state index contributed by atoms with van der Waals surface area (Å²) < 4.78 is 30.8. The van der Waals surface area contributed by atoms with Crippen LogP contribution in [0.4, 0.5) is 11.4 Å². The Morgan fingerprint density at radius 3 is 2.24 bits per heavy atom. The number of halogens is 1. The first-order chi connectivity index (χ1) is 15.7. The third kappa shape index (κ3) is 6.34. The van der Waals surface area contributed by atoms with Crippen LogP contribution in [-0.4, -0.2) is 33.2 Å². The van der Waals surface area contributed by atoms with Crippen LogP contribution in [0.1, 0.15) is 33.2 Å². The lowest BCUT2D eigenvalue weighted by atomic mass is 10.1. The maximum atomic E-state index is 12.6. The van der Waals surface area contributed by atoms with Gasteiger partial charge in [0.1, 0.15) is 0 Å². The molecule has 0 saturated carbocycles. The summed E-state index contributed by atoms with van der Waals surface area (Å²) in [6.07, 6.45) is 1.15. The molecule has 0 saturated heterocycles. The predicted octanol–water partition coefficient (Wildman–Crippen LogP) is 4.74. The van der Waals surface area contributed by atoms with Gasteiger partial charge in [-0.3, -0.25) is 9.10 Å². The lowest BCUT2D eigenvalue weighted by Crippen LogP contribution is -2.29. The van der Waals surface area contributed by atoms with Gasteiger partial charge in [-0.05, 0) is 55.0 Å². The van der Waals surface area contributed by atoms with E-state index in [1.807, 2.05) is 6.07 Å². The second-order valence-corrected chi connectivity index (χ2v) is 9.49. The summed E-state index contributed by atoms with van der Waals surface area (Å²) in [6, 6.07) is 20.0. The van der Waals surface area contributed by atoms with Gasteiger partial charge in [-0.25, -0.2) is 13.2 Å². The van der Waals surface area contributed by atoms with Gasteiger partial charge in [-0.2, -0.15) is 0 Å². The first-order valence-corrected chi connectivity index (χ1v) is 12.3. The van der Waals surface area contributed by atoms with Gasteiger partial charge in [0.25, 0.3) is 5.91 Å². The second-order valence-electron chi connectivity index (χ2n) is 7.17. The number of nitrogens with one attached hydrogen (secondary N) is 1. The van der Waals surface area contributed by atoms with Crippen molar-refractivity contribution >= 4 is 44.9 Å². The van der Waals surface area contributed by atoms with Crippen LogP contribution >= 0.6 is 11.6 Å². The van der Waals surface area contributed by atoms with Crippen molar-refractivity contribution in [1.82, 2.24) is 0 Å². The minimum absolute atomic E-state index is 0.135. The van der Waals surface area contributed by atoms with Gasteiger partial charge in [-0.1, -0.05) is 41.9 Å². The van der Waals surface area contributed by atoms with Gasteiger partial charge < -0.3 is 10.1 Å². The molecule has 0 heterocycles. The first kappa shape index (κ1) is 24.3. The molecule has 0 spiro atoms. The van der Waals surface area contributed by atoms with Crippen LogP contribution in [0, 0.1) is 0 Å². The van der Waals surface area contributed by atoms with Gasteiger partial charge in [0.15, 0.2) is 0 Å². The lowest BCUT2D eigenvalue weighted by Gasteiger charge is -2.22. The highest BCUT2D eigenvalue weighted by Gasteiger charge is 2.18. The Morgan fingerprint density at radius 2 is 1.67 bits per heavy atom. The van der Waals surface area contributed by atoms with Crippen LogP contribution in [0.25, 0.3) is 0 Å². The van der Waals surface area contributed by atoms with Crippen molar-refractivity contribution in [1.29, 1.82) is 0 Å². The van der Waals surface area contributed by atoms with Crippen LogP contribution < -0.4 is 9.62 Å². The van der Waals surface area contributed by atoms with Gasteiger partial charge in [-0.15, -0.1) is 0 Å². The summed E-state index contributed by atoms with van der Waals surface area (Å²) >= 11 is 6.14. The molecule has 0 aliphatic carbocycles. The Bertz CT molecular complexity index is 1250. The number of hydrogen-bond donors (Lipinski definition) is 1. The van der Waals surface area contributed by atoms with Crippen molar-refractivity contribution in [2.75, 3.05) is 22.5 Å². The Hall–Kier alpha value is -3.36. The zero-order valence-electron chi connectivity index (χ0n) is 18.1. The van der Waals surface area contributed by atoms with Crippen molar-refractivity contribution in [3.05, 3.63) is 94.5 Å². The van der Waals surface area contributed by atoms with Crippen molar-refractivity contribution in [3.63, 3.8) is 0 Å². The first-order valence-electron chi connectivity index (χ1n) is 10.1. The molecule has 33 heavy (non-hydrogen) atoms. The van der Waals surface area contributed by atoms with E-state index in [0.29, 0.717) is 16.9 Å². The van der Waals surface area contributed by atoms with Crippen molar-refractivity contribution in [2.45, 2.75) is 13.5 Å². The Kier molecular flexibility index (Phi) is 7.73. The zero-order valence-corrected chi connectivity index (χ0v) is 19.7. The molecule has 1 N–H and O–H groups in total. The van der Waals surface area contributed by atoms with E-state index in [0.717, 1.165) is 11.8 Å². The summed E-state index contributed by atoms with van der Waals surface area (Å²) in [5.74, 6) is -0.904. The molecule has 0 radical (unpaired) electrons. The maximum absolute atomic E-state index is 12.6. The largest absolute Gasteiger partial charge is 0.462 e. The molecule has 3 aromatic carbocycles. The standard InChI is InChI=1S/C24H23ClN2O5S/c1-3-32-24(29)21-14-13-19(15-22(21)25)26-23(28)18-11-9-17(10-12-18)16-27(33(2,30)31)20-7-5-4-6-8-20/h4-15H,3,16H2,1-2H3,(H,26,28). The monoisotopic (exact) mass is 486 g/mol. The van der Waals surface area contributed by atoms with Gasteiger partial charge >= 0.3 is 5.97 Å². The average Bonchev–Trinajstić information content (AvgIpc) is 2.78. The number of esters is 1. The molecule has 3 aromatic rings. The topological polar surface area (TPSA) is 92.8 Å². The molecule has 9 heteroatoms. The molecule has 0 unspecified atom stereocenters. The molecule has 0 aliphatic rings. The highest BCUT2D eigenvalue weighted by molar-refractivity contribution is 7.92. The van der Waals surface area contributed by atoms with E-state index in [2.05, 4.69) is 5.32 Å². The average molecular weight is 487 g/mol. The highest BCUT2D eigenvalue weighted by atomic mass is 35.5. The summed E-state index contributed by atoms with van der Waals surface area (Å²) in [5, 5.41) is 2.90. The van der Waals surface area contributed by atoms with E-state index >= 15 is 0 Å². The van der Waals surface area contributed by atoms with E-state index in [4.69, 9.17) is 16.3 Å². The number of nitrogens with zero attached hydrogens (tertiary/aromatic N) is 1. The van der Waals surface area contributed by atoms with Crippen LogP contribution in [0.2, 0.25) is 5.02 Å². The summed E-state index contributed by atoms with van der Waals surface area (Å²) in [6.45, 7) is 2.07. The number of anilines is 2. The van der Waals surface area contributed by atoms with Crippen LogP contribution in [0.15, 0.2) is 72.8 Å². The smallest absolute Gasteiger partial charge is 0.339 e. The van der Waals surface area contributed by atoms with Crippen LogP contribution in [0.3, 0.4) is 0 Å². The quantitative estimate of drug-likeness (QED) is 0.464. The van der Waals surface area contributed by atoms with Crippen LogP contribution in [-0.2, 0) is 21.3 Å². The number of benzene rings is 3. The molecule has 7 nitrogen and oxygen atoms in total. The van der Waals surface area contributed by atoms with Crippen molar-refractivity contribution in [2.24, 2.45) is 0 Å². The molecule has 1 amide bonds. The number of sulfonamides is 1. The lowest BCUT2D eigenvalue weighted by molar-refractivity contribution is 0.0526. The van der Waals surface area contributed by atoms with Gasteiger partial charge in [0, 0.05) is 11.3 Å². The molecular formula is C24H23ClN2O5S. The number of amides is 1. The Morgan fingerprint density at radius 1 is 1.00 bits per heavy atom. The van der Waals surface area contributed by atoms with E-state index in [9.17, 15) is 18.0 Å². The zero-order chi connectivity index (χ0) is 24.0. The Balaban J connectivity index is 1.71. The Labute approximate surface area is 198 Å². The van der Waals surface area contributed by atoms with Crippen molar-refractivity contribution < 1.29 is 22.7 Å². The fraction of sp³-hybridized carbons (Fsp3) is 0.167.